The Labute approximate surface area is 121 Å². The van der Waals surface area contributed by atoms with E-state index in [4.69, 9.17) is 5.11 Å². The van der Waals surface area contributed by atoms with Crippen LogP contribution in [-0.4, -0.2) is 49.3 Å². The number of nitrogens with one attached hydrogen (secondary N) is 1. The molecule has 1 rings (SSSR count). The van der Waals surface area contributed by atoms with Crippen LogP contribution in [0.15, 0.2) is 21.7 Å². The van der Waals surface area contributed by atoms with E-state index in [0.29, 0.717) is 0 Å². The topological polar surface area (TPSA) is 104 Å². The van der Waals surface area contributed by atoms with E-state index in [-0.39, 0.29) is 10.6 Å². The number of thiophene rings is 1. The minimum atomic E-state index is -3.71. The lowest BCUT2D eigenvalue weighted by Crippen LogP contribution is -2.45. The van der Waals surface area contributed by atoms with Crippen LogP contribution in [0.25, 0.3) is 0 Å². The number of carbonyl (C=O) groups excluding carboxylic acids is 1. The molecule has 2 N–H and O–H groups in total. The van der Waals surface area contributed by atoms with Gasteiger partial charge < -0.3 is 10.4 Å². The average molecular weight is 320 g/mol. The lowest BCUT2D eigenvalue weighted by atomic mass is 10.2. The lowest BCUT2D eigenvalue weighted by Gasteiger charge is -2.17. The van der Waals surface area contributed by atoms with Crippen LogP contribution in [0.5, 0.6) is 0 Å². The van der Waals surface area contributed by atoms with Crippen LogP contribution in [-0.2, 0) is 19.6 Å². The maximum atomic E-state index is 12.1. The fraction of sp³-hybridized carbons (Fsp3) is 0.455. The molecule has 1 atom stereocenters. The van der Waals surface area contributed by atoms with Gasteiger partial charge in [-0.25, -0.2) is 13.2 Å². The van der Waals surface area contributed by atoms with E-state index in [1.807, 2.05) is 0 Å². The summed E-state index contributed by atoms with van der Waals surface area (Å²) in [5.74, 6) is -1.80. The predicted octanol–water partition coefficient (Wildman–Crippen LogP) is 0.348. The van der Waals surface area contributed by atoms with E-state index in [9.17, 15) is 18.0 Å². The molecule has 0 bridgehead atoms. The zero-order valence-electron chi connectivity index (χ0n) is 11.1. The van der Waals surface area contributed by atoms with Crippen molar-refractivity contribution in [2.24, 2.45) is 0 Å². The van der Waals surface area contributed by atoms with Crippen molar-refractivity contribution in [2.45, 2.75) is 23.6 Å². The zero-order valence-corrected chi connectivity index (χ0v) is 12.7. The highest BCUT2D eigenvalue weighted by Crippen LogP contribution is 2.19. The van der Waals surface area contributed by atoms with E-state index in [1.165, 1.54) is 13.1 Å². The van der Waals surface area contributed by atoms with Crippen LogP contribution in [0.2, 0.25) is 0 Å². The number of carbonyl (C=O) groups is 2. The highest BCUT2D eigenvalue weighted by atomic mass is 32.2. The molecule has 112 valence electrons. The number of amides is 1. The van der Waals surface area contributed by atoms with Gasteiger partial charge in [-0.1, -0.05) is 13.0 Å². The SMILES string of the molecule is CC[C@H](NC(=O)CN(C)S(=O)(=O)c1cccs1)C(=O)O. The van der Waals surface area contributed by atoms with Gasteiger partial charge in [0.2, 0.25) is 5.91 Å². The molecule has 9 heteroatoms. The molecule has 0 aliphatic heterocycles. The normalized spacial score (nSPS) is 13.2. The summed E-state index contributed by atoms with van der Waals surface area (Å²) in [5.41, 5.74) is 0. The molecule has 0 unspecified atom stereocenters. The van der Waals surface area contributed by atoms with Gasteiger partial charge in [-0.3, -0.25) is 4.79 Å². The summed E-state index contributed by atoms with van der Waals surface area (Å²) in [6.07, 6.45) is 0.225. The summed E-state index contributed by atoms with van der Waals surface area (Å²) < 4.78 is 25.1. The van der Waals surface area contributed by atoms with Crippen LogP contribution in [0.4, 0.5) is 0 Å². The quantitative estimate of drug-likeness (QED) is 0.754. The molecule has 0 aliphatic rings. The van der Waals surface area contributed by atoms with Crippen LogP contribution < -0.4 is 5.32 Å². The second-order valence-electron chi connectivity index (χ2n) is 4.06. The van der Waals surface area contributed by atoms with Gasteiger partial charge >= 0.3 is 5.97 Å². The summed E-state index contributed by atoms with van der Waals surface area (Å²) in [5, 5.41) is 12.7. The molecule has 0 saturated carbocycles. The number of rotatable bonds is 7. The zero-order chi connectivity index (χ0) is 15.3. The molecule has 0 spiro atoms. The molecule has 1 amide bonds. The number of nitrogens with zero attached hydrogens (tertiary/aromatic N) is 1. The van der Waals surface area contributed by atoms with Crippen molar-refractivity contribution in [1.29, 1.82) is 0 Å². The molecular formula is C11H16N2O5S2. The molecule has 0 saturated heterocycles. The number of carboxylic acids is 1. The predicted molar refractivity (Wildman–Crippen MR) is 74.0 cm³/mol. The number of hydrogen-bond acceptors (Lipinski definition) is 5. The third-order valence-corrected chi connectivity index (χ3v) is 5.74. The van der Waals surface area contributed by atoms with E-state index in [1.54, 1.807) is 18.4 Å². The van der Waals surface area contributed by atoms with Crippen molar-refractivity contribution >= 4 is 33.2 Å². The van der Waals surface area contributed by atoms with Gasteiger partial charge in [0.25, 0.3) is 10.0 Å². The van der Waals surface area contributed by atoms with E-state index < -0.39 is 34.5 Å². The minimum Gasteiger partial charge on any atom is -0.480 e. The van der Waals surface area contributed by atoms with Crippen molar-refractivity contribution < 1.29 is 23.1 Å². The second kappa shape index (κ2) is 6.82. The van der Waals surface area contributed by atoms with Crippen LogP contribution in [0.3, 0.4) is 0 Å². The largest absolute Gasteiger partial charge is 0.480 e. The molecule has 1 heterocycles. The first-order chi connectivity index (χ1) is 9.28. The number of hydrogen-bond donors (Lipinski definition) is 2. The Morgan fingerprint density at radius 2 is 2.15 bits per heavy atom. The highest BCUT2D eigenvalue weighted by molar-refractivity contribution is 7.91. The maximum Gasteiger partial charge on any atom is 0.326 e. The first kappa shape index (κ1) is 16.6. The van der Waals surface area contributed by atoms with Gasteiger partial charge in [-0.2, -0.15) is 4.31 Å². The van der Waals surface area contributed by atoms with Gasteiger partial charge in [0, 0.05) is 7.05 Å². The van der Waals surface area contributed by atoms with Crippen molar-refractivity contribution in [3.63, 3.8) is 0 Å². The molecule has 7 nitrogen and oxygen atoms in total. The Morgan fingerprint density at radius 1 is 1.50 bits per heavy atom. The van der Waals surface area contributed by atoms with Crippen LogP contribution in [0.1, 0.15) is 13.3 Å². The van der Waals surface area contributed by atoms with Crippen molar-refractivity contribution in [3.8, 4) is 0 Å². The molecule has 1 aromatic heterocycles. The Morgan fingerprint density at radius 3 is 2.60 bits per heavy atom. The Bertz CT molecular complexity index is 568. The number of likely N-dealkylation sites (N-methyl/N-ethyl adjacent to an activating group) is 1. The van der Waals surface area contributed by atoms with Gasteiger partial charge in [0.1, 0.15) is 10.3 Å². The van der Waals surface area contributed by atoms with E-state index in [2.05, 4.69) is 5.32 Å². The molecule has 1 aromatic rings. The summed E-state index contributed by atoms with van der Waals surface area (Å²) in [6.45, 7) is 1.19. The summed E-state index contributed by atoms with van der Waals surface area (Å²) in [7, 11) is -2.44. The van der Waals surface area contributed by atoms with E-state index >= 15 is 0 Å². The van der Waals surface area contributed by atoms with Gasteiger partial charge in [-0.05, 0) is 17.9 Å². The average Bonchev–Trinajstić information content (AvgIpc) is 2.89. The van der Waals surface area contributed by atoms with Crippen molar-refractivity contribution in [1.82, 2.24) is 9.62 Å². The lowest BCUT2D eigenvalue weighted by molar-refractivity contribution is -0.141. The standard InChI is InChI=1S/C11H16N2O5S2/c1-3-8(11(15)16)12-9(14)7-13(2)20(17,18)10-5-4-6-19-10/h4-6,8H,3,7H2,1-2H3,(H,12,14)(H,15,16)/t8-/m0/s1. The molecule has 20 heavy (non-hydrogen) atoms. The first-order valence-corrected chi connectivity index (χ1v) is 8.13. The van der Waals surface area contributed by atoms with Crippen molar-refractivity contribution in [3.05, 3.63) is 17.5 Å². The molecular weight excluding hydrogens is 304 g/mol. The monoisotopic (exact) mass is 320 g/mol. The summed E-state index contributed by atoms with van der Waals surface area (Å²) in [4.78, 5) is 22.5. The van der Waals surface area contributed by atoms with Gasteiger partial charge in [0.15, 0.2) is 0 Å². The maximum absolute atomic E-state index is 12.1. The summed E-state index contributed by atoms with van der Waals surface area (Å²) >= 11 is 1.05. The fourth-order valence-electron chi connectivity index (χ4n) is 1.43. The molecule has 0 radical (unpaired) electrons. The van der Waals surface area contributed by atoms with Gasteiger partial charge in [0.05, 0.1) is 6.54 Å². The first-order valence-electron chi connectivity index (χ1n) is 5.81. The number of carboxylic acid groups (broad SMARTS) is 1. The molecule has 0 aliphatic carbocycles. The Kier molecular flexibility index (Phi) is 5.66. The second-order valence-corrected chi connectivity index (χ2v) is 7.28. The van der Waals surface area contributed by atoms with Crippen LogP contribution in [0, 0.1) is 0 Å². The van der Waals surface area contributed by atoms with Gasteiger partial charge in [-0.15, -0.1) is 11.3 Å². The van der Waals surface area contributed by atoms with E-state index in [0.717, 1.165) is 15.6 Å². The van der Waals surface area contributed by atoms with Crippen LogP contribution >= 0.6 is 11.3 Å². The molecule has 0 aromatic carbocycles. The third-order valence-electron chi connectivity index (χ3n) is 2.57. The third kappa shape index (κ3) is 4.02. The minimum absolute atomic E-state index is 0.137. The summed E-state index contributed by atoms with van der Waals surface area (Å²) in [6, 6.07) is 2.03. The fourth-order valence-corrected chi connectivity index (χ4v) is 3.76. The number of aliphatic carboxylic acids is 1. The Balaban J connectivity index is 2.69. The van der Waals surface area contributed by atoms with Crippen molar-refractivity contribution in [2.75, 3.05) is 13.6 Å². The highest BCUT2D eigenvalue weighted by Gasteiger charge is 2.25. The smallest absolute Gasteiger partial charge is 0.326 e. The Hall–Kier alpha value is -1.45. The number of sulfonamides is 1. The molecule has 0 fully saturated rings.